The van der Waals surface area contributed by atoms with Crippen LogP contribution in [0.15, 0.2) is 11.0 Å². The molecule has 0 aromatic heterocycles. The van der Waals surface area contributed by atoms with E-state index in [1.54, 1.807) is 19.9 Å². The number of hydrogen-bond acceptors (Lipinski definition) is 3. The summed E-state index contributed by atoms with van der Waals surface area (Å²) in [6.07, 6.45) is 1.21. The number of aryl methyl sites for hydroxylation is 2. The normalized spacial score (nSPS) is 11.7. The van der Waals surface area contributed by atoms with E-state index in [4.69, 9.17) is 5.73 Å². The summed E-state index contributed by atoms with van der Waals surface area (Å²) in [6.45, 7) is 5.41. The van der Waals surface area contributed by atoms with Gasteiger partial charge in [-0.25, -0.2) is 8.42 Å². The fourth-order valence-corrected chi connectivity index (χ4v) is 3.06. The Morgan fingerprint density at radius 1 is 1.14 bits per heavy atom. The monoisotopic (exact) mass is 213 g/mol. The van der Waals surface area contributed by atoms with Crippen LogP contribution < -0.4 is 5.73 Å². The van der Waals surface area contributed by atoms with Crippen LogP contribution in [0.4, 0.5) is 5.69 Å². The molecule has 0 spiro atoms. The van der Waals surface area contributed by atoms with Crippen molar-refractivity contribution in [2.45, 2.75) is 25.7 Å². The highest BCUT2D eigenvalue weighted by atomic mass is 32.2. The van der Waals surface area contributed by atoms with Crippen LogP contribution in [0.5, 0.6) is 0 Å². The van der Waals surface area contributed by atoms with Crippen LogP contribution >= 0.6 is 0 Å². The number of rotatable bonds is 1. The lowest BCUT2D eigenvalue weighted by Gasteiger charge is -2.12. The molecule has 0 radical (unpaired) electrons. The lowest BCUT2D eigenvalue weighted by atomic mass is 10.1. The van der Waals surface area contributed by atoms with Gasteiger partial charge >= 0.3 is 0 Å². The van der Waals surface area contributed by atoms with Gasteiger partial charge < -0.3 is 5.73 Å². The van der Waals surface area contributed by atoms with Gasteiger partial charge in [0.15, 0.2) is 9.84 Å². The van der Waals surface area contributed by atoms with Crippen LogP contribution in [0.3, 0.4) is 0 Å². The third kappa shape index (κ3) is 1.75. The zero-order valence-corrected chi connectivity index (χ0v) is 9.70. The molecule has 2 N–H and O–H groups in total. The zero-order chi connectivity index (χ0) is 11.1. The van der Waals surface area contributed by atoms with Gasteiger partial charge in [0.2, 0.25) is 0 Å². The number of hydrogen-bond donors (Lipinski definition) is 1. The third-order valence-corrected chi connectivity index (χ3v) is 3.70. The second-order valence-electron chi connectivity index (χ2n) is 3.65. The van der Waals surface area contributed by atoms with Crippen molar-refractivity contribution in [1.82, 2.24) is 0 Å². The van der Waals surface area contributed by atoms with Crippen molar-refractivity contribution in [3.63, 3.8) is 0 Å². The van der Waals surface area contributed by atoms with E-state index in [1.807, 2.05) is 6.92 Å². The van der Waals surface area contributed by atoms with Crippen LogP contribution in [0.1, 0.15) is 16.7 Å². The quantitative estimate of drug-likeness (QED) is 0.721. The molecule has 1 rings (SSSR count). The Balaban J connectivity index is 3.70. The number of benzene rings is 1. The van der Waals surface area contributed by atoms with Crippen LogP contribution in [0.25, 0.3) is 0 Å². The van der Waals surface area contributed by atoms with E-state index in [0.29, 0.717) is 16.1 Å². The van der Waals surface area contributed by atoms with E-state index >= 15 is 0 Å². The largest absolute Gasteiger partial charge is 0.398 e. The average Bonchev–Trinajstić information content (AvgIpc) is 1.97. The van der Waals surface area contributed by atoms with Gasteiger partial charge in [-0.3, -0.25) is 0 Å². The zero-order valence-electron chi connectivity index (χ0n) is 8.88. The Bertz CT molecular complexity index is 475. The van der Waals surface area contributed by atoms with E-state index in [2.05, 4.69) is 0 Å². The highest BCUT2D eigenvalue weighted by Gasteiger charge is 2.16. The summed E-state index contributed by atoms with van der Waals surface area (Å²) < 4.78 is 23.0. The lowest BCUT2D eigenvalue weighted by Crippen LogP contribution is -2.07. The standard InChI is InChI=1S/C10H15NO2S/c1-6-5-7(2)10(14(4,12)13)8(3)9(6)11/h5H,11H2,1-4H3. The molecule has 0 fully saturated rings. The second-order valence-corrected chi connectivity index (χ2v) is 5.60. The van der Waals surface area contributed by atoms with Crippen molar-refractivity contribution in [3.05, 3.63) is 22.8 Å². The van der Waals surface area contributed by atoms with Gasteiger partial charge in [-0.2, -0.15) is 0 Å². The fourth-order valence-electron chi connectivity index (χ4n) is 1.75. The van der Waals surface area contributed by atoms with Gasteiger partial charge in [0.1, 0.15) is 0 Å². The lowest BCUT2D eigenvalue weighted by molar-refractivity contribution is 0.600. The summed E-state index contributed by atoms with van der Waals surface area (Å²) in [7, 11) is -3.18. The maximum Gasteiger partial charge on any atom is 0.176 e. The Hall–Kier alpha value is -1.03. The summed E-state index contributed by atoms with van der Waals surface area (Å²) in [6, 6.07) is 1.80. The molecule has 0 bridgehead atoms. The fraction of sp³-hybridized carbons (Fsp3) is 0.400. The first kappa shape index (κ1) is 11.0. The molecular weight excluding hydrogens is 198 g/mol. The molecule has 0 aliphatic heterocycles. The predicted octanol–water partition coefficient (Wildman–Crippen LogP) is 1.60. The smallest absolute Gasteiger partial charge is 0.176 e. The Labute approximate surface area is 84.9 Å². The van der Waals surface area contributed by atoms with Gasteiger partial charge in [0.05, 0.1) is 4.90 Å². The van der Waals surface area contributed by atoms with Gasteiger partial charge in [-0.1, -0.05) is 6.07 Å². The highest BCUT2D eigenvalue weighted by molar-refractivity contribution is 7.90. The van der Waals surface area contributed by atoms with Gasteiger partial charge in [-0.15, -0.1) is 0 Å². The second kappa shape index (κ2) is 3.28. The molecular formula is C10H15NO2S. The molecule has 0 aliphatic carbocycles. The van der Waals surface area contributed by atoms with Gasteiger partial charge in [0.25, 0.3) is 0 Å². The minimum absolute atomic E-state index is 0.362. The molecule has 0 saturated heterocycles. The highest BCUT2D eigenvalue weighted by Crippen LogP contribution is 2.27. The first-order valence-corrected chi connectivity index (χ1v) is 6.20. The van der Waals surface area contributed by atoms with Crippen LogP contribution in [-0.4, -0.2) is 14.7 Å². The van der Waals surface area contributed by atoms with Crippen LogP contribution in [0.2, 0.25) is 0 Å². The number of anilines is 1. The average molecular weight is 213 g/mol. The van der Waals surface area contributed by atoms with Crippen LogP contribution in [0, 0.1) is 20.8 Å². The molecule has 0 unspecified atom stereocenters. The molecule has 4 heteroatoms. The number of nitrogen functional groups attached to an aromatic ring is 1. The van der Waals surface area contributed by atoms with E-state index in [0.717, 1.165) is 11.1 Å². The summed E-state index contributed by atoms with van der Waals surface area (Å²) in [5, 5.41) is 0. The molecule has 1 aromatic carbocycles. The maximum atomic E-state index is 11.5. The van der Waals surface area contributed by atoms with E-state index in [9.17, 15) is 8.42 Å². The predicted molar refractivity (Wildman–Crippen MR) is 58.2 cm³/mol. The first-order valence-electron chi connectivity index (χ1n) is 4.31. The molecule has 0 amide bonds. The first-order chi connectivity index (χ1) is 6.25. The minimum Gasteiger partial charge on any atom is -0.398 e. The third-order valence-electron chi connectivity index (χ3n) is 2.33. The van der Waals surface area contributed by atoms with Crippen molar-refractivity contribution in [2.24, 2.45) is 0 Å². The van der Waals surface area contributed by atoms with Crippen molar-refractivity contribution < 1.29 is 8.42 Å². The molecule has 3 nitrogen and oxygen atoms in total. The minimum atomic E-state index is -3.18. The van der Waals surface area contributed by atoms with Crippen molar-refractivity contribution in [3.8, 4) is 0 Å². The van der Waals surface area contributed by atoms with Gasteiger partial charge in [-0.05, 0) is 37.5 Å². The summed E-state index contributed by atoms with van der Waals surface area (Å²) in [5.41, 5.74) is 8.69. The molecule has 1 aromatic rings. The SMILES string of the molecule is Cc1cc(C)c(S(C)(=O)=O)c(C)c1N. The Kier molecular flexibility index (Phi) is 2.58. The van der Waals surface area contributed by atoms with E-state index < -0.39 is 9.84 Å². The van der Waals surface area contributed by atoms with Crippen molar-refractivity contribution >= 4 is 15.5 Å². The van der Waals surface area contributed by atoms with Crippen LogP contribution in [-0.2, 0) is 9.84 Å². The number of sulfone groups is 1. The van der Waals surface area contributed by atoms with Gasteiger partial charge in [0, 0.05) is 11.9 Å². The number of nitrogens with two attached hydrogens (primary N) is 1. The summed E-state index contributed by atoms with van der Waals surface area (Å²) in [5.74, 6) is 0. The Morgan fingerprint density at radius 3 is 2.07 bits per heavy atom. The molecule has 0 aliphatic rings. The van der Waals surface area contributed by atoms with E-state index in [-0.39, 0.29) is 0 Å². The molecule has 78 valence electrons. The molecule has 0 heterocycles. The molecule has 0 saturated carbocycles. The van der Waals surface area contributed by atoms with E-state index in [1.165, 1.54) is 6.26 Å². The maximum absolute atomic E-state index is 11.5. The molecule has 0 atom stereocenters. The van der Waals surface area contributed by atoms with Crippen molar-refractivity contribution in [2.75, 3.05) is 12.0 Å². The van der Waals surface area contributed by atoms with Crippen molar-refractivity contribution in [1.29, 1.82) is 0 Å². The summed E-state index contributed by atoms with van der Waals surface area (Å²) >= 11 is 0. The topological polar surface area (TPSA) is 60.2 Å². The summed E-state index contributed by atoms with van der Waals surface area (Å²) in [4.78, 5) is 0.362. The molecule has 14 heavy (non-hydrogen) atoms. The Morgan fingerprint density at radius 2 is 1.64 bits per heavy atom.